The van der Waals surface area contributed by atoms with E-state index >= 15 is 0 Å². The third kappa shape index (κ3) is 2.24. The normalized spacial score (nSPS) is 28.5. The largest absolute Gasteiger partial charge is 0.330 e. The third-order valence-corrected chi connectivity index (χ3v) is 4.38. The Morgan fingerprint density at radius 2 is 2.18 bits per heavy atom. The number of nitrogens with zero attached hydrogens (tertiary/aromatic N) is 1. The number of nitrogens with two attached hydrogens (primary N) is 1. The molecule has 0 spiro atoms. The molecule has 0 saturated carbocycles. The van der Waals surface area contributed by atoms with Gasteiger partial charge in [0.2, 0.25) is 0 Å². The number of piperidine rings is 1. The van der Waals surface area contributed by atoms with E-state index in [0.29, 0.717) is 0 Å². The molecule has 2 N–H and O–H groups in total. The van der Waals surface area contributed by atoms with Crippen molar-refractivity contribution in [3.05, 3.63) is 35.4 Å². The lowest BCUT2D eigenvalue weighted by molar-refractivity contribution is 0.164. The van der Waals surface area contributed by atoms with Crippen LogP contribution < -0.4 is 5.73 Å². The van der Waals surface area contributed by atoms with E-state index in [0.717, 1.165) is 18.4 Å². The Kier molecular flexibility index (Phi) is 3.17. The van der Waals surface area contributed by atoms with Gasteiger partial charge in [0.15, 0.2) is 0 Å². The Morgan fingerprint density at radius 3 is 3.00 bits per heavy atom. The van der Waals surface area contributed by atoms with Crippen LogP contribution in [0.3, 0.4) is 0 Å². The fourth-order valence-electron chi connectivity index (χ4n) is 3.35. The van der Waals surface area contributed by atoms with Crippen molar-refractivity contribution in [2.75, 3.05) is 26.2 Å². The summed E-state index contributed by atoms with van der Waals surface area (Å²) in [4.78, 5) is 2.63. The second-order valence-corrected chi connectivity index (χ2v) is 5.60. The van der Waals surface area contributed by atoms with Crippen molar-refractivity contribution in [2.24, 2.45) is 11.7 Å². The van der Waals surface area contributed by atoms with Crippen LogP contribution in [0, 0.1) is 5.92 Å². The molecule has 17 heavy (non-hydrogen) atoms. The van der Waals surface area contributed by atoms with Crippen LogP contribution in [-0.2, 0) is 6.42 Å². The average Bonchev–Trinajstić information content (AvgIpc) is 2.36. The molecule has 1 heterocycles. The second kappa shape index (κ2) is 4.79. The molecule has 3 rings (SSSR count). The topological polar surface area (TPSA) is 29.3 Å². The maximum atomic E-state index is 5.79. The van der Waals surface area contributed by atoms with E-state index in [4.69, 9.17) is 5.73 Å². The molecule has 1 fully saturated rings. The highest BCUT2D eigenvalue weighted by Crippen LogP contribution is 2.35. The maximum absolute atomic E-state index is 5.79. The van der Waals surface area contributed by atoms with Gasteiger partial charge >= 0.3 is 0 Å². The summed E-state index contributed by atoms with van der Waals surface area (Å²) >= 11 is 0. The van der Waals surface area contributed by atoms with Crippen LogP contribution in [0.2, 0.25) is 0 Å². The maximum Gasteiger partial charge on any atom is 0.00537 e. The van der Waals surface area contributed by atoms with E-state index in [-0.39, 0.29) is 0 Å². The molecule has 0 bridgehead atoms. The summed E-state index contributed by atoms with van der Waals surface area (Å²) in [7, 11) is 0. The first-order valence-electron chi connectivity index (χ1n) is 6.87. The second-order valence-electron chi connectivity index (χ2n) is 5.60. The summed E-state index contributed by atoms with van der Waals surface area (Å²) in [5.41, 5.74) is 8.94. The van der Waals surface area contributed by atoms with E-state index in [9.17, 15) is 0 Å². The van der Waals surface area contributed by atoms with Gasteiger partial charge in [0.05, 0.1) is 0 Å². The highest BCUT2D eigenvalue weighted by atomic mass is 15.1. The van der Waals surface area contributed by atoms with Gasteiger partial charge in [0.1, 0.15) is 0 Å². The highest BCUT2D eigenvalue weighted by molar-refractivity contribution is 5.40. The Morgan fingerprint density at radius 1 is 1.29 bits per heavy atom. The van der Waals surface area contributed by atoms with Crippen molar-refractivity contribution in [1.29, 1.82) is 0 Å². The zero-order chi connectivity index (χ0) is 11.7. The molecule has 1 aliphatic heterocycles. The van der Waals surface area contributed by atoms with Crippen molar-refractivity contribution >= 4 is 0 Å². The van der Waals surface area contributed by atoms with Gasteiger partial charge in [-0.3, -0.25) is 0 Å². The van der Waals surface area contributed by atoms with E-state index in [1.807, 2.05) is 0 Å². The molecule has 0 aromatic heterocycles. The number of hydrogen-bond donors (Lipinski definition) is 1. The lowest BCUT2D eigenvalue weighted by atomic mass is 9.77. The number of likely N-dealkylation sites (tertiary alicyclic amines) is 1. The molecule has 2 heteroatoms. The number of hydrogen-bond acceptors (Lipinski definition) is 2. The van der Waals surface area contributed by atoms with Crippen LogP contribution in [0.4, 0.5) is 0 Å². The number of fused-ring (bicyclic) bond motifs is 1. The summed E-state index contributed by atoms with van der Waals surface area (Å²) < 4.78 is 0. The van der Waals surface area contributed by atoms with Crippen LogP contribution >= 0.6 is 0 Å². The molecular formula is C15H22N2. The lowest BCUT2D eigenvalue weighted by Gasteiger charge is -2.38. The SMILES string of the molecule is NCC1CCCN(CC2Cc3ccccc32)C1. The van der Waals surface area contributed by atoms with Gasteiger partial charge in [0.25, 0.3) is 0 Å². The smallest absolute Gasteiger partial charge is 0.00537 e. The molecular weight excluding hydrogens is 208 g/mol. The summed E-state index contributed by atoms with van der Waals surface area (Å²) in [5, 5.41) is 0. The zero-order valence-electron chi connectivity index (χ0n) is 10.4. The quantitative estimate of drug-likeness (QED) is 0.860. The van der Waals surface area contributed by atoms with Crippen LogP contribution in [0.1, 0.15) is 29.9 Å². The van der Waals surface area contributed by atoms with Gasteiger partial charge in [-0.05, 0) is 49.4 Å². The molecule has 1 saturated heterocycles. The summed E-state index contributed by atoms with van der Waals surface area (Å²) in [6, 6.07) is 8.89. The number of rotatable bonds is 3. The van der Waals surface area contributed by atoms with Gasteiger partial charge in [-0.25, -0.2) is 0 Å². The lowest BCUT2D eigenvalue weighted by Crippen LogP contribution is -2.42. The first-order valence-corrected chi connectivity index (χ1v) is 6.87. The predicted octanol–water partition coefficient (Wildman–Crippen LogP) is 2.00. The van der Waals surface area contributed by atoms with Crippen LogP contribution in [0.15, 0.2) is 24.3 Å². The van der Waals surface area contributed by atoms with Crippen molar-refractivity contribution in [3.8, 4) is 0 Å². The summed E-state index contributed by atoms with van der Waals surface area (Å²) in [6.07, 6.45) is 3.93. The minimum Gasteiger partial charge on any atom is -0.330 e. The van der Waals surface area contributed by atoms with E-state index in [1.54, 1.807) is 11.1 Å². The molecule has 0 amide bonds. The van der Waals surface area contributed by atoms with Gasteiger partial charge in [-0.15, -0.1) is 0 Å². The van der Waals surface area contributed by atoms with E-state index in [2.05, 4.69) is 29.2 Å². The van der Waals surface area contributed by atoms with E-state index < -0.39 is 0 Å². The monoisotopic (exact) mass is 230 g/mol. The predicted molar refractivity (Wildman–Crippen MR) is 71.1 cm³/mol. The molecule has 1 aliphatic carbocycles. The zero-order valence-corrected chi connectivity index (χ0v) is 10.4. The molecule has 92 valence electrons. The van der Waals surface area contributed by atoms with Crippen LogP contribution in [-0.4, -0.2) is 31.1 Å². The van der Waals surface area contributed by atoms with E-state index in [1.165, 1.54) is 38.9 Å². The van der Waals surface area contributed by atoms with Crippen molar-refractivity contribution < 1.29 is 0 Å². The van der Waals surface area contributed by atoms with Crippen LogP contribution in [0.25, 0.3) is 0 Å². The number of benzene rings is 1. The Balaban J connectivity index is 1.59. The Bertz CT molecular complexity index is 388. The highest BCUT2D eigenvalue weighted by Gasteiger charge is 2.28. The molecule has 2 unspecified atom stereocenters. The Hall–Kier alpha value is -0.860. The first kappa shape index (κ1) is 11.2. The molecule has 1 aromatic rings. The van der Waals surface area contributed by atoms with Gasteiger partial charge in [-0.2, -0.15) is 0 Å². The third-order valence-electron chi connectivity index (χ3n) is 4.38. The van der Waals surface area contributed by atoms with Crippen molar-refractivity contribution in [2.45, 2.75) is 25.2 Å². The summed E-state index contributed by atoms with van der Waals surface area (Å²) in [6.45, 7) is 4.59. The average molecular weight is 230 g/mol. The van der Waals surface area contributed by atoms with Crippen LogP contribution in [0.5, 0.6) is 0 Å². The molecule has 2 nitrogen and oxygen atoms in total. The molecule has 2 aliphatic rings. The Labute approximate surface area is 104 Å². The molecule has 0 radical (unpaired) electrons. The van der Waals surface area contributed by atoms with Crippen molar-refractivity contribution in [3.63, 3.8) is 0 Å². The minimum absolute atomic E-state index is 0.735. The molecule has 2 atom stereocenters. The fourth-order valence-corrected chi connectivity index (χ4v) is 3.35. The van der Waals surface area contributed by atoms with Gasteiger partial charge in [0, 0.05) is 19.0 Å². The van der Waals surface area contributed by atoms with Gasteiger partial charge in [-0.1, -0.05) is 24.3 Å². The van der Waals surface area contributed by atoms with Gasteiger partial charge < -0.3 is 10.6 Å². The fraction of sp³-hybridized carbons (Fsp3) is 0.600. The summed E-state index contributed by atoms with van der Waals surface area (Å²) in [5.74, 6) is 1.52. The minimum atomic E-state index is 0.735. The molecule has 1 aromatic carbocycles. The first-order chi connectivity index (χ1) is 8.36. The van der Waals surface area contributed by atoms with Crippen molar-refractivity contribution in [1.82, 2.24) is 4.90 Å². The standard InChI is InChI=1S/C15H22N2/c16-9-12-4-3-7-17(10-12)11-14-8-13-5-1-2-6-15(13)14/h1-2,5-6,12,14H,3-4,7-11,16H2.